The normalized spacial score (nSPS) is 21.0. The van der Waals surface area contributed by atoms with Crippen LogP contribution in [0.15, 0.2) is 48.5 Å². The van der Waals surface area contributed by atoms with Crippen LogP contribution in [0, 0.1) is 0 Å². The number of nitrogens with one attached hydrogen (secondary N) is 2. The molecule has 6 rings (SSSR count). The van der Waals surface area contributed by atoms with Gasteiger partial charge >= 0.3 is 18.3 Å². The Kier molecular flexibility index (Phi) is 9.69. The van der Waals surface area contributed by atoms with E-state index in [9.17, 15) is 27.6 Å². The molecule has 4 aliphatic rings. The largest absolute Gasteiger partial charge is 0.436 e. The first kappa shape index (κ1) is 32.1. The predicted octanol–water partition coefficient (Wildman–Crippen LogP) is 4.16. The Balaban J connectivity index is 1.10. The highest BCUT2D eigenvalue weighted by molar-refractivity contribution is 5.91. The Morgan fingerprint density at radius 1 is 0.891 bits per heavy atom. The molecule has 248 valence electrons. The molecule has 0 saturated carbocycles. The monoisotopic (exact) mass is 642 g/mol. The van der Waals surface area contributed by atoms with Crippen molar-refractivity contribution >= 4 is 23.7 Å². The number of hydrogen-bond acceptors (Lipinski definition) is 6. The molecular weight excluding hydrogens is 601 g/mol. The maximum absolute atomic E-state index is 13.8. The van der Waals surface area contributed by atoms with Gasteiger partial charge in [0.2, 0.25) is 0 Å². The number of rotatable bonds is 6. The fourth-order valence-corrected chi connectivity index (χ4v) is 7.03. The van der Waals surface area contributed by atoms with Gasteiger partial charge in [-0.15, -0.1) is 0 Å². The van der Waals surface area contributed by atoms with Crippen LogP contribution in [0.1, 0.15) is 42.4 Å². The predicted molar refractivity (Wildman–Crippen MR) is 165 cm³/mol. The number of alkyl halides is 3. The number of urea groups is 1. The first-order valence-corrected chi connectivity index (χ1v) is 16.2. The van der Waals surface area contributed by atoms with Gasteiger partial charge in [0.15, 0.2) is 6.10 Å². The number of hydrogen-bond donors (Lipinski definition) is 2. The molecule has 3 saturated heterocycles. The lowest BCUT2D eigenvalue weighted by Gasteiger charge is -2.38. The van der Waals surface area contributed by atoms with Crippen molar-refractivity contribution in [3.05, 3.63) is 65.2 Å². The van der Waals surface area contributed by atoms with Crippen LogP contribution in [-0.2, 0) is 28.5 Å². The number of carbonyl (C=O) groups is 3. The van der Waals surface area contributed by atoms with Crippen molar-refractivity contribution in [2.24, 2.45) is 0 Å². The number of nitrogens with zero attached hydrogens (tertiary/aromatic N) is 4. The van der Waals surface area contributed by atoms with Gasteiger partial charge in [-0.05, 0) is 68.5 Å². The van der Waals surface area contributed by atoms with Crippen LogP contribution in [0.3, 0.4) is 0 Å². The van der Waals surface area contributed by atoms with Crippen LogP contribution in [0.4, 0.5) is 28.4 Å². The second kappa shape index (κ2) is 13.9. The van der Waals surface area contributed by atoms with Gasteiger partial charge in [0, 0.05) is 56.9 Å². The fraction of sp³-hybridized carbons (Fsp3) is 0.545. The molecular formula is C33H41F3N6O4. The van der Waals surface area contributed by atoms with Gasteiger partial charge in [-0.2, -0.15) is 13.2 Å². The fourth-order valence-electron chi connectivity index (χ4n) is 7.03. The minimum absolute atomic E-state index is 0.0635. The second-order valence-corrected chi connectivity index (χ2v) is 12.6. The Labute approximate surface area is 266 Å². The topological polar surface area (TPSA) is 97.5 Å². The summed E-state index contributed by atoms with van der Waals surface area (Å²) in [5.41, 5.74) is 1.34. The van der Waals surface area contributed by atoms with Gasteiger partial charge < -0.3 is 30.1 Å². The highest BCUT2D eigenvalue weighted by Gasteiger charge is 2.38. The average molecular weight is 643 g/mol. The number of halogens is 3. The summed E-state index contributed by atoms with van der Waals surface area (Å²) >= 11 is 0. The third-order valence-corrected chi connectivity index (χ3v) is 9.65. The molecule has 0 spiro atoms. The van der Waals surface area contributed by atoms with E-state index < -0.39 is 29.8 Å². The average Bonchev–Trinajstić information content (AvgIpc) is 3.49. The van der Waals surface area contributed by atoms with E-state index in [2.05, 4.69) is 15.5 Å². The molecule has 4 aliphatic heterocycles. The van der Waals surface area contributed by atoms with E-state index >= 15 is 0 Å². The van der Waals surface area contributed by atoms with Crippen LogP contribution in [0.25, 0.3) is 0 Å². The van der Waals surface area contributed by atoms with Crippen LogP contribution < -0.4 is 10.6 Å². The highest BCUT2D eigenvalue weighted by Crippen LogP contribution is 2.30. The summed E-state index contributed by atoms with van der Waals surface area (Å²) in [5, 5.41) is 6.34. The summed E-state index contributed by atoms with van der Waals surface area (Å²) in [6.45, 7) is 4.62. The van der Waals surface area contributed by atoms with E-state index in [1.807, 2.05) is 29.2 Å². The maximum Gasteiger partial charge on any atom is 0.416 e. The lowest BCUT2D eigenvalue weighted by atomic mass is 10.0. The molecule has 0 radical (unpaired) electrons. The first-order valence-electron chi connectivity index (χ1n) is 16.2. The minimum atomic E-state index is -4.53. The minimum Gasteiger partial charge on any atom is -0.436 e. The molecule has 3 fully saturated rings. The molecule has 46 heavy (non-hydrogen) atoms. The third kappa shape index (κ3) is 7.41. The summed E-state index contributed by atoms with van der Waals surface area (Å²) in [4.78, 5) is 47.5. The van der Waals surface area contributed by atoms with Crippen molar-refractivity contribution in [3.8, 4) is 0 Å². The molecule has 1 atom stereocenters. The Morgan fingerprint density at radius 2 is 1.65 bits per heavy atom. The zero-order chi connectivity index (χ0) is 32.3. The van der Waals surface area contributed by atoms with Gasteiger partial charge in [-0.25, -0.2) is 9.59 Å². The molecule has 0 aromatic heterocycles. The summed E-state index contributed by atoms with van der Waals surface area (Å²) < 4.78 is 46.2. The number of piperidine rings is 2. The molecule has 4 heterocycles. The van der Waals surface area contributed by atoms with Crippen LogP contribution in [0.2, 0.25) is 0 Å². The zero-order valence-electron chi connectivity index (χ0n) is 25.8. The van der Waals surface area contributed by atoms with Crippen molar-refractivity contribution in [1.29, 1.82) is 0 Å². The van der Waals surface area contributed by atoms with E-state index in [1.165, 1.54) is 17.0 Å². The zero-order valence-corrected chi connectivity index (χ0v) is 25.8. The van der Waals surface area contributed by atoms with Gasteiger partial charge in [-0.1, -0.05) is 36.4 Å². The third-order valence-electron chi connectivity index (χ3n) is 9.65. The highest BCUT2D eigenvalue weighted by atomic mass is 19.4. The molecule has 0 bridgehead atoms. The number of anilines is 1. The smallest absolute Gasteiger partial charge is 0.416 e. The SMILES string of the molecule is O=C(O[C@H](Cc1cccc(C(F)(F)F)c1)C(=O)N1CCN(C2CCNCC2)C1)N1CCC(N2CCc3ccccc3NC2=O)CC1. The lowest BCUT2D eigenvalue weighted by molar-refractivity contribution is -0.140. The molecule has 2 aromatic rings. The van der Waals surface area contributed by atoms with Gasteiger partial charge in [0.1, 0.15) is 0 Å². The summed E-state index contributed by atoms with van der Waals surface area (Å²) in [6, 6.07) is 12.7. The van der Waals surface area contributed by atoms with E-state index in [1.54, 1.807) is 4.90 Å². The van der Waals surface area contributed by atoms with Crippen LogP contribution in [0.5, 0.6) is 0 Å². The summed E-state index contributed by atoms with van der Waals surface area (Å²) in [7, 11) is 0. The Morgan fingerprint density at radius 3 is 2.41 bits per heavy atom. The number of likely N-dealkylation sites (tertiary alicyclic amines) is 1. The quantitative estimate of drug-likeness (QED) is 0.492. The number of para-hydroxylation sites is 1. The molecule has 0 unspecified atom stereocenters. The molecule has 13 heteroatoms. The standard InChI is InChI=1S/C33H41F3N6O4/c34-33(35,36)25-6-3-4-23(20-25)21-29(30(43)41-19-18-40(22-41)26-8-13-37-14-9-26)46-32(45)39-15-11-27(12-16-39)42-17-10-24-5-1-2-7-28(24)38-31(42)44/h1-7,20,26-27,29,37H,8-19,21-22H2,(H,38,44)/t29-/m1/s1. The van der Waals surface area contributed by atoms with Crippen molar-refractivity contribution in [1.82, 2.24) is 24.9 Å². The Bertz CT molecular complexity index is 1410. The summed E-state index contributed by atoms with van der Waals surface area (Å²) in [5.74, 6) is -0.405. The first-order chi connectivity index (χ1) is 22.2. The molecule has 2 aromatic carbocycles. The number of amides is 4. The molecule has 2 N–H and O–H groups in total. The van der Waals surface area contributed by atoms with Crippen molar-refractivity contribution in [2.75, 3.05) is 57.8 Å². The van der Waals surface area contributed by atoms with E-state index in [0.717, 1.165) is 55.7 Å². The number of fused-ring (bicyclic) bond motifs is 1. The lowest BCUT2D eigenvalue weighted by Crippen LogP contribution is -2.51. The van der Waals surface area contributed by atoms with E-state index in [-0.39, 0.29) is 24.1 Å². The van der Waals surface area contributed by atoms with E-state index in [0.29, 0.717) is 58.3 Å². The van der Waals surface area contributed by atoms with Crippen molar-refractivity contribution in [2.45, 2.75) is 62.9 Å². The van der Waals surface area contributed by atoms with E-state index in [4.69, 9.17) is 4.74 Å². The number of ether oxygens (including phenoxy) is 1. The summed E-state index contributed by atoms with van der Waals surface area (Å²) in [6.07, 6.45) is -2.87. The second-order valence-electron chi connectivity index (χ2n) is 12.6. The maximum atomic E-state index is 13.8. The number of carbonyl (C=O) groups excluding carboxylic acids is 3. The van der Waals surface area contributed by atoms with Crippen molar-refractivity contribution < 1.29 is 32.3 Å². The molecule has 4 amide bonds. The van der Waals surface area contributed by atoms with Gasteiger partial charge in [0.05, 0.1) is 12.2 Å². The van der Waals surface area contributed by atoms with Crippen LogP contribution >= 0.6 is 0 Å². The molecule has 10 nitrogen and oxygen atoms in total. The van der Waals surface area contributed by atoms with Crippen LogP contribution in [-0.4, -0.2) is 108 Å². The van der Waals surface area contributed by atoms with Gasteiger partial charge in [0.25, 0.3) is 5.91 Å². The Hall–Kier alpha value is -3.84. The van der Waals surface area contributed by atoms with Gasteiger partial charge in [-0.3, -0.25) is 9.69 Å². The molecule has 0 aliphatic carbocycles. The number of benzene rings is 2. The van der Waals surface area contributed by atoms with Crippen molar-refractivity contribution in [3.63, 3.8) is 0 Å².